The Morgan fingerprint density at radius 3 is 2.57 bits per heavy atom. The highest BCUT2D eigenvalue weighted by molar-refractivity contribution is 7.99. The molecule has 0 aromatic carbocycles. The second-order valence-electron chi connectivity index (χ2n) is 3.70. The Morgan fingerprint density at radius 1 is 1.57 bits per heavy atom. The average Bonchev–Trinajstić information content (AvgIpc) is 2.19. The summed E-state index contributed by atoms with van der Waals surface area (Å²) in [5.41, 5.74) is -0.826. The fourth-order valence-corrected chi connectivity index (χ4v) is 3.18. The van der Waals surface area contributed by atoms with E-state index >= 15 is 0 Å². The molecule has 0 aliphatic carbocycles. The van der Waals surface area contributed by atoms with Crippen molar-refractivity contribution in [3.05, 3.63) is 0 Å². The van der Waals surface area contributed by atoms with Gasteiger partial charge in [0, 0.05) is 0 Å². The molecular weight excluding hydrogens is 200 g/mol. The van der Waals surface area contributed by atoms with Gasteiger partial charge in [-0.05, 0) is 30.8 Å². The summed E-state index contributed by atoms with van der Waals surface area (Å²) in [6.45, 7) is 1.92. The van der Waals surface area contributed by atoms with E-state index in [0.29, 0.717) is 19.3 Å². The Hall–Kier alpha value is -0.220. The SMILES string of the molecule is CCC(C(=O)OC)C1(O)CCSCC1. The molecule has 1 rings (SSSR count). The van der Waals surface area contributed by atoms with Crippen LogP contribution < -0.4 is 0 Å². The molecule has 0 bridgehead atoms. The zero-order valence-electron chi connectivity index (χ0n) is 8.78. The summed E-state index contributed by atoms with van der Waals surface area (Å²) in [6, 6.07) is 0. The number of esters is 1. The van der Waals surface area contributed by atoms with Crippen LogP contribution in [-0.2, 0) is 9.53 Å². The molecule has 1 fully saturated rings. The molecule has 1 N–H and O–H groups in total. The van der Waals surface area contributed by atoms with E-state index in [1.807, 2.05) is 18.7 Å². The molecule has 4 heteroatoms. The Balaban J connectivity index is 2.70. The predicted molar refractivity (Wildman–Crippen MR) is 57.3 cm³/mol. The van der Waals surface area contributed by atoms with Gasteiger partial charge >= 0.3 is 5.97 Å². The van der Waals surface area contributed by atoms with E-state index in [1.165, 1.54) is 7.11 Å². The minimum Gasteiger partial charge on any atom is -0.469 e. The molecule has 3 nitrogen and oxygen atoms in total. The van der Waals surface area contributed by atoms with Gasteiger partial charge in [-0.3, -0.25) is 4.79 Å². The molecule has 0 aromatic heterocycles. The lowest BCUT2D eigenvalue weighted by Crippen LogP contribution is -2.45. The lowest BCUT2D eigenvalue weighted by molar-refractivity contribution is -0.156. The topological polar surface area (TPSA) is 46.5 Å². The van der Waals surface area contributed by atoms with Crippen LogP contribution >= 0.6 is 11.8 Å². The second-order valence-corrected chi connectivity index (χ2v) is 4.92. The highest BCUT2D eigenvalue weighted by Gasteiger charge is 2.41. The summed E-state index contributed by atoms with van der Waals surface area (Å²) in [5.74, 6) is 1.24. The van der Waals surface area contributed by atoms with Crippen LogP contribution in [0.1, 0.15) is 26.2 Å². The van der Waals surface area contributed by atoms with E-state index in [2.05, 4.69) is 0 Å². The lowest BCUT2D eigenvalue weighted by atomic mass is 9.81. The summed E-state index contributed by atoms with van der Waals surface area (Å²) in [4.78, 5) is 11.5. The average molecular weight is 218 g/mol. The molecule has 1 atom stereocenters. The number of hydrogen-bond acceptors (Lipinski definition) is 4. The van der Waals surface area contributed by atoms with Gasteiger partial charge in [-0.15, -0.1) is 0 Å². The Bertz CT molecular complexity index is 200. The number of carbonyl (C=O) groups excluding carboxylic acids is 1. The summed E-state index contributed by atoms with van der Waals surface area (Å²) in [5, 5.41) is 10.3. The second kappa shape index (κ2) is 5.03. The van der Waals surface area contributed by atoms with Crippen molar-refractivity contribution in [2.45, 2.75) is 31.8 Å². The quantitative estimate of drug-likeness (QED) is 0.728. The molecule has 82 valence electrons. The number of aliphatic hydroxyl groups is 1. The van der Waals surface area contributed by atoms with E-state index in [9.17, 15) is 9.90 Å². The maximum absolute atomic E-state index is 11.5. The van der Waals surface area contributed by atoms with Crippen molar-refractivity contribution in [1.82, 2.24) is 0 Å². The van der Waals surface area contributed by atoms with Gasteiger partial charge in [0.15, 0.2) is 0 Å². The monoisotopic (exact) mass is 218 g/mol. The lowest BCUT2D eigenvalue weighted by Gasteiger charge is -2.36. The summed E-state index contributed by atoms with van der Waals surface area (Å²) in [7, 11) is 1.38. The molecule has 1 unspecified atom stereocenters. The third-order valence-corrected chi connectivity index (χ3v) is 3.89. The summed E-state index contributed by atoms with van der Waals surface area (Å²) >= 11 is 1.83. The van der Waals surface area contributed by atoms with Crippen LogP contribution in [0.15, 0.2) is 0 Å². The normalized spacial score (nSPS) is 22.8. The third kappa shape index (κ3) is 2.42. The van der Waals surface area contributed by atoms with Gasteiger partial charge in [0.1, 0.15) is 0 Å². The van der Waals surface area contributed by atoms with Crippen LogP contribution in [0.5, 0.6) is 0 Å². The smallest absolute Gasteiger partial charge is 0.311 e. The number of thioether (sulfide) groups is 1. The Kier molecular flexibility index (Phi) is 4.26. The molecule has 14 heavy (non-hydrogen) atoms. The van der Waals surface area contributed by atoms with Gasteiger partial charge in [-0.2, -0.15) is 11.8 Å². The van der Waals surface area contributed by atoms with Crippen LogP contribution in [0.3, 0.4) is 0 Å². The zero-order valence-corrected chi connectivity index (χ0v) is 9.60. The summed E-state index contributed by atoms with van der Waals surface area (Å²) < 4.78 is 4.72. The number of methoxy groups -OCH3 is 1. The first-order chi connectivity index (χ1) is 6.64. The van der Waals surface area contributed by atoms with E-state index < -0.39 is 5.60 Å². The van der Waals surface area contributed by atoms with Crippen molar-refractivity contribution in [2.24, 2.45) is 5.92 Å². The first kappa shape index (κ1) is 11.9. The van der Waals surface area contributed by atoms with E-state index in [0.717, 1.165) is 11.5 Å². The molecule has 0 spiro atoms. The van der Waals surface area contributed by atoms with Crippen molar-refractivity contribution in [3.8, 4) is 0 Å². The molecule has 0 radical (unpaired) electrons. The van der Waals surface area contributed by atoms with Crippen LogP contribution in [0.4, 0.5) is 0 Å². The number of hydrogen-bond donors (Lipinski definition) is 1. The summed E-state index contributed by atoms with van der Waals surface area (Å²) in [6.07, 6.45) is 2.05. The highest BCUT2D eigenvalue weighted by atomic mass is 32.2. The zero-order chi connectivity index (χ0) is 10.6. The van der Waals surface area contributed by atoms with E-state index in [4.69, 9.17) is 4.74 Å². The Morgan fingerprint density at radius 2 is 2.14 bits per heavy atom. The minimum absolute atomic E-state index is 0.276. The fraction of sp³-hybridized carbons (Fsp3) is 0.900. The molecule has 0 saturated carbocycles. The van der Waals surface area contributed by atoms with Gasteiger partial charge in [0.25, 0.3) is 0 Å². The minimum atomic E-state index is -0.826. The molecule has 1 saturated heterocycles. The maximum Gasteiger partial charge on any atom is 0.311 e. The standard InChI is InChI=1S/C10H18O3S/c1-3-8(9(11)13-2)10(12)4-6-14-7-5-10/h8,12H,3-7H2,1-2H3. The number of ether oxygens (including phenoxy) is 1. The predicted octanol–water partition coefficient (Wildman–Crippen LogP) is 1.44. The highest BCUT2D eigenvalue weighted by Crippen LogP contribution is 2.35. The van der Waals surface area contributed by atoms with Crippen LogP contribution in [0, 0.1) is 5.92 Å². The van der Waals surface area contributed by atoms with Crippen LogP contribution in [-0.4, -0.2) is 35.3 Å². The van der Waals surface area contributed by atoms with E-state index in [-0.39, 0.29) is 11.9 Å². The largest absolute Gasteiger partial charge is 0.469 e. The molecule has 1 heterocycles. The van der Waals surface area contributed by atoms with Gasteiger partial charge in [-0.1, -0.05) is 6.92 Å². The molecule has 0 amide bonds. The third-order valence-electron chi connectivity index (χ3n) is 2.90. The van der Waals surface area contributed by atoms with Gasteiger partial charge in [0.05, 0.1) is 18.6 Å². The van der Waals surface area contributed by atoms with Crippen molar-refractivity contribution in [1.29, 1.82) is 0 Å². The van der Waals surface area contributed by atoms with Gasteiger partial charge in [0.2, 0.25) is 0 Å². The first-order valence-electron chi connectivity index (χ1n) is 5.02. The van der Waals surface area contributed by atoms with Gasteiger partial charge in [-0.25, -0.2) is 0 Å². The van der Waals surface area contributed by atoms with Crippen LogP contribution in [0.25, 0.3) is 0 Å². The molecule has 0 aromatic rings. The number of rotatable bonds is 3. The molecular formula is C10H18O3S. The van der Waals surface area contributed by atoms with E-state index in [1.54, 1.807) is 0 Å². The van der Waals surface area contributed by atoms with Crippen molar-refractivity contribution in [3.63, 3.8) is 0 Å². The Labute approximate surface area is 89.2 Å². The van der Waals surface area contributed by atoms with Crippen molar-refractivity contribution >= 4 is 17.7 Å². The molecule has 1 aliphatic rings. The molecule has 1 aliphatic heterocycles. The fourth-order valence-electron chi connectivity index (χ4n) is 1.98. The number of carbonyl (C=O) groups is 1. The van der Waals surface area contributed by atoms with Crippen molar-refractivity contribution in [2.75, 3.05) is 18.6 Å². The first-order valence-corrected chi connectivity index (χ1v) is 6.17. The van der Waals surface area contributed by atoms with Crippen LogP contribution in [0.2, 0.25) is 0 Å². The van der Waals surface area contributed by atoms with Crippen molar-refractivity contribution < 1.29 is 14.6 Å². The maximum atomic E-state index is 11.5. The van der Waals surface area contributed by atoms with Gasteiger partial charge < -0.3 is 9.84 Å².